The van der Waals surface area contributed by atoms with Crippen LogP contribution in [0.5, 0.6) is 0 Å². The van der Waals surface area contributed by atoms with E-state index in [4.69, 9.17) is 11.6 Å². The van der Waals surface area contributed by atoms with E-state index < -0.39 is 5.92 Å². The summed E-state index contributed by atoms with van der Waals surface area (Å²) >= 11 is 5.70. The summed E-state index contributed by atoms with van der Waals surface area (Å²) in [6, 6.07) is 0. The first-order chi connectivity index (χ1) is 5.39. The largest absolute Gasteiger partial charge is 0.249 e. The highest BCUT2D eigenvalue weighted by Crippen LogP contribution is 2.55. The van der Waals surface area contributed by atoms with Crippen molar-refractivity contribution in [2.75, 3.05) is 5.88 Å². The Labute approximate surface area is 77.3 Å². The first-order valence-electron chi connectivity index (χ1n) is 4.33. The van der Waals surface area contributed by atoms with Gasteiger partial charge in [-0.15, -0.1) is 11.6 Å². The molecule has 3 heteroatoms. The smallest absolute Gasteiger partial charge is 0.207 e. The first-order valence-corrected chi connectivity index (χ1v) is 4.86. The standard InChI is InChI=1S/C9H15ClF2/c1-7(2)3-8(6-10)4-9(11,12)5-8/h7H,3-6H2,1-2H3. The highest BCUT2D eigenvalue weighted by Gasteiger charge is 2.55. The molecule has 12 heavy (non-hydrogen) atoms. The van der Waals surface area contributed by atoms with Gasteiger partial charge in [-0.3, -0.25) is 0 Å². The second kappa shape index (κ2) is 3.13. The average Bonchev–Trinajstić information content (AvgIpc) is 1.81. The van der Waals surface area contributed by atoms with Gasteiger partial charge in [0.15, 0.2) is 0 Å². The van der Waals surface area contributed by atoms with E-state index in [2.05, 4.69) is 0 Å². The predicted molar refractivity (Wildman–Crippen MR) is 46.8 cm³/mol. The van der Waals surface area contributed by atoms with Gasteiger partial charge in [0.1, 0.15) is 0 Å². The molecular formula is C9H15ClF2. The molecule has 1 fully saturated rings. The van der Waals surface area contributed by atoms with Crippen molar-refractivity contribution in [1.29, 1.82) is 0 Å². The lowest BCUT2D eigenvalue weighted by atomic mass is 9.63. The Hall–Kier alpha value is 0.150. The summed E-state index contributed by atoms with van der Waals surface area (Å²) in [4.78, 5) is 0. The van der Waals surface area contributed by atoms with Gasteiger partial charge in [0, 0.05) is 18.7 Å². The van der Waals surface area contributed by atoms with E-state index >= 15 is 0 Å². The summed E-state index contributed by atoms with van der Waals surface area (Å²) < 4.78 is 25.2. The van der Waals surface area contributed by atoms with Crippen LogP contribution in [-0.4, -0.2) is 11.8 Å². The molecule has 0 unspecified atom stereocenters. The number of halogens is 3. The third kappa shape index (κ3) is 2.09. The molecule has 0 radical (unpaired) electrons. The van der Waals surface area contributed by atoms with Crippen molar-refractivity contribution in [2.24, 2.45) is 11.3 Å². The lowest BCUT2D eigenvalue weighted by molar-refractivity contribution is -0.157. The monoisotopic (exact) mass is 196 g/mol. The number of rotatable bonds is 3. The van der Waals surface area contributed by atoms with E-state index in [0.29, 0.717) is 11.8 Å². The fourth-order valence-corrected chi connectivity index (χ4v) is 2.50. The lowest BCUT2D eigenvalue weighted by Crippen LogP contribution is -2.47. The summed E-state index contributed by atoms with van der Waals surface area (Å²) in [5, 5.41) is 0. The summed E-state index contributed by atoms with van der Waals surface area (Å²) in [6.45, 7) is 4.09. The minimum absolute atomic E-state index is 0.0122. The molecule has 1 aliphatic carbocycles. The van der Waals surface area contributed by atoms with E-state index in [0.717, 1.165) is 6.42 Å². The molecule has 0 atom stereocenters. The van der Waals surface area contributed by atoms with Crippen molar-refractivity contribution in [3.8, 4) is 0 Å². The minimum atomic E-state index is -2.44. The molecule has 0 saturated heterocycles. The Kier molecular flexibility index (Phi) is 2.67. The van der Waals surface area contributed by atoms with Gasteiger partial charge in [0.2, 0.25) is 5.92 Å². The second-order valence-electron chi connectivity index (χ2n) is 4.44. The van der Waals surface area contributed by atoms with Crippen LogP contribution >= 0.6 is 11.6 Å². The van der Waals surface area contributed by atoms with E-state index in [-0.39, 0.29) is 18.3 Å². The molecule has 72 valence electrons. The van der Waals surface area contributed by atoms with Crippen LogP contribution in [0.15, 0.2) is 0 Å². The van der Waals surface area contributed by atoms with Crippen LogP contribution in [0.4, 0.5) is 8.78 Å². The predicted octanol–water partition coefficient (Wildman–Crippen LogP) is 3.69. The maximum absolute atomic E-state index is 12.6. The Morgan fingerprint density at radius 2 is 1.83 bits per heavy atom. The van der Waals surface area contributed by atoms with Crippen LogP contribution in [0.2, 0.25) is 0 Å². The van der Waals surface area contributed by atoms with Crippen molar-refractivity contribution >= 4 is 11.6 Å². The number of hydrogen-bond donors (Lipinski definition) is 0. The fourth-order valence-electron chi connectivity index (χ4n) is 2.20. The zero-order valence-electron chi connectivity index (χ0n) is 7.54. The average molecular weight is 197 g/mol. The van der Waals surface area contributed by atoms with Gasteiger partial charge >= 0.3 is 0 Å². The topological polar surface area (TPSA) is 0 Å². The molecule has 0 N–H and O–H groups in total. The van der Waals surface area contributed by atoms with Gasteiger partial charge in [0.25, 0.3) is 0 Å². The quantitative estimate of drug-likeness (QED) is 0.604. The maximum atomic E-state index is 12.6. The fraction of sp³-hybridized carbons (Fsp3) is 1.00. The second-order valence-corrected chi connectivity index (χ2v) is 4.71. The molecular weight excluding hydrogens is 182 g/mol. The molecule has 0 heterocycles. The van der Waals surface area contributed by atoms with Gasteiger partial charge < -0.3 is 0 Å². The van der Waals surface area contributed by atoms with Gasteiger partial charge in [-0.25, -0.2) is 8.78 Å². The maximum Gasteiger partial charge on any atom is 0.249 e. The van der Waals surface area contributed by atoms with E-state index in [1.165, 1.54) is 0 Å². The third-order valence-electron chi connectivity index (χ3n) is 2.39. The molecule has 0 aromatic heterocycles. The number of hydrogen-bond acceptors (Lipinski definition) is 0. The molecule has 1 rings (SSSR count). The van der Waals surface area contributed by atoms with E-state index in [9.17, 15) is 8.78 Å². The molecule has 0 aromatic carbocycles. The van der Waals surface area contributed by atoms with Gasteiger partial charge in [-0.1, -0.05) is 13.8 Å². The van der Waals surface area contributed by atoms with Gasteiger partial charge in [-0.2, -0.15) is 0 Å². The zero-order chi connectivity index (χ0) is 9.41. The Morgan fingerprint density at radius 3 is 2.08 bits per heavy atom. The first kappa shape index (κ1) is 10.2. The summed E-state index contributed by atoms with van der Waals surface area (Å²) in [6.07, 6.45) is 0.801. The van der Waals surface area contributed by atoms with Crippen LogP contribution in [0.1, 0.15) is 33.1 Å². The normalized spacial score (nSPS) is 25.5. The van der Waals surface area contributed by atoms with Gasteiger partial charge in [-0.05, 0) is 17.8 Å². The van der Waals surface area contributed by atoms with E-state index in [1.54, 1.807) is 0 Å². The summed E-state index contributed by atoms with van der Waals surface area (Å²) in [5.41, 5.74) is -0.265. The molecule has 1 saturated carbocycles. The molecule has 0 amide bonds. The van der Waals surface area contributed by atoms with Gasteiger partial charge in [0.05, 0.1) is 0 Å². The zero-order valence-corrected chi connectivity index (χ0v) is 8.30. The summed E-state index contributed by atoms with van der Waals surface area (Å²) in [7, 11) is 0. The SMILES string of the molecule is CC(C)CC1(CCl)CC(F)(F)C1. The number of alkyl halides is 3. The Bertz CT molecular complexity index is 152. The highest BCUT2D eigenvalue weighted by atomic mass is 35.5. The molecule has 0 bridgehead atoms. The van der Waals surface area contributed by atoms with Crippen LogP contribution in [0.25, 0.3) is 0 Å². The summed E-state index contributed by atoms with van der Waals surface area (Å²) in [5.74, 6) is -1.61. The molecule has 0 nitrogen and oxygen atoms in total. The van der Waals surface area contributed by atoms with Crippen LogP contribution in [0.3, 0.4) is 0 Å². The van der Waals surface area contributed by atoms with Crippen LogP contribution in [0, 0.1) is 11.3 Å². The van der Waals surface area contributed by atoms with Crippen LogP contribution in [-0.2, 0) is 0 Å². The van der Waals surface area contributed by atoms with Crippen molar-refractivity contribution in [2.45, 2.75) is 39.0 Å². The van der Waals surface area contributed by atoms with Crippen LogP contribution < -0.4 is 0 Å². The molecule has 1 aliphatic rings. The molecule has 0 spiro atoms. The third-order valence-corrected chi connectivity index (χ3v) is 2.96. The van der Waals surface area contributed by atoms with Crippen molar-refractivity contribution in [1.82, 2.24) is 0 Å². The van der Waals surface area contributed by atoms with E-state index in [1.807, 2.05) is 13.8 Å². The molecule has 0 aromatic rings. The molecule has 0 aliphatic heterocycles. The highest BCUT2D eigenvalue weighted by molar-refractivity contribution is 6.18. The van der Waals surface area contributed by atoms with Crippen molar-refractivity contribution in [3.05, 3.63) is 0 Å². The Balaban J connectivity index is 2.47. The Morgan fingerprint density at radius 1 is 1.33 bits per heavy atom. The minimum Gasteiger partial charge on any atom is -0.207 e. The van der Waals surface area contributed by atoms with Crippen molar-refractivity contribution < 1.29 is 8.78 Å². The lowest BCUT2D eigenvalue weighted by Gasteiger charge is -2.47. The van der Waals surface area contributed by atoms with Crippen molar-refractivity contribution in [3.63, 3.8) is 0 Å².